The molecule has 0 bridgehead atoms. The second kappa shape index (κ2) is 14.6. The van der Waals surface area contributed by atoms with Crippen molar-refractivity contribution in [2.45, 2.75) is 92.9 Å². The van der Waals surface area contributed by atoms with Crippen LogP contribution in [0.2, 0.25) is 0 Å². The predicted molar refractivity (Wildman–Crippen MR) is 218 cm³/mol. The van der Waals surface area contributed by atoms with Crippen molar-refractivity contribution in [1.29, 1.82) is 0 Å². The molecule has 6 aromatic rings. The quantitative estimate of drug-likeness (QED) is 0.0983. The van der Waals surface area contributed by atoms with Gasteiger partial charge in [-0.25, -0.2) is 0 Å². The van der Waals surface area contributed by atoms with Crippen LogP contribution in [0.3, 0.4) is 0 Å². The Hall–Kier alpha value is -2.20. The second-order valence-corrected chi connectivity index (χ2v) is 19.0. The van der Waals surface area contributed by atoms with Crippen LogP contribution in [0.1, 0.15) is 88.8 Å². The number of aromatic nitrogens is 2. The first-order chi connectivity index (χ1) is 23.4. The molecule has 0 amide bonds. The number of benzene rings is 1. The summed E-state index contributed by atoms with van der Waals surface area (Å²) in [5.41, 5.74) is 7.61. The smallest absolute Gasteiger partial charge is 0.158 e. The van der Waals surface area contributed by atoms with E-state index in [2.05, 4.69) is 90.1 Å². The summed E-state index contributed by atoms with van der Waals surface area (Å²) in [6.45, 7) is 16.5. The van der Waals surface area contributed by atoms with Gasteiger partial charge in [-0.3, -0.25) is 4.48 Å². The van der Waals surface area contributed by atoms with Gasteiger partial charge in [0.15, 0.2) is 11.4 Å². The van der Waals surface area contributed by atoms with E-state index in [-0.39, 0.29) is 0 Å². The van der Waals surface area contributed by atoms with E-state index in [1.165, 1.54) is 121 Å². The third-order valence-corrected chi connectivity index (χ3v) is 15.6. The van der Waals surface area contributed by atoms with Crippen molar-refractivity contribution in [2.75, 3.05) is 13.1 Å². The summed E-state index contributed by atoms with van der Waals surface area (Å²) >= 11 is 9.12. The molecule has 6 heterocycles. The van der Waals surface area contributed by atoms with Crippen LogP contribution in [0.25, 0.3) is 51.4 Å². The molecule has 48 heavy (non-hydrogen) atoms. The van der Waals surface area contributed by atoms with Crippen LogP contribution in [-0.2, 0) is 0 Å². The molecule has 8 heteroatoms. The summed E-state index contributed by atoms with van der Waals surface area (Å²) < 4.78 is 10.6. The fourth-order valence-corrected chi connectivity index (χ4v) is 12.8. The first-order valence-electron chi connectivity index (χ1n) is 17.9. The lowest BCUT2D eigenvalue weighted by atomic mass is 9.93. The van der Waals surface area contributed by atoms with Gasteiger partial charge < -0.3 is 0 Å². The lowest BCUT2D eigenvalue weighted by Gasteiger charge is -2.39. The van der Waals surface area contributed by atoms with Gasteiger partial charge in [-0.2, -0.15) is 8.75 Å². The van der Waals surface area contributed by atoms with Crippen LogP contribution in [0.4, 0.5) is 11.4 Å². The van der Waals surface area contributed by atoms with Gasteiger partial charge >= 0.3 is 0 Å². The van der Waals surface area contributed by atoms with Gasteiger partial charge in [-0.05, 0) is 63.8 Å². The first-order valence-corrected chi connectivity index (χ1v) is 21.9. The van der Waals surface area contributed by atoms with E-state index in [9.17, 15) is 0 Å². The molecule has 0 spiro atoms. The van der Waals surface area contributed by atoms with Crippen LogP contribution in [0.15, 0.2) is 48.5 Å². The Balaban J connectivity index is 1.29. The highest BCUT2D eigenvalue weighted by molar-refractivity contribution is 7.28. The van der Waals surface area contributed by atoms with Crippen molar-refractivity contribution in [3.63, 3.8) is 0 Å². The molecule has 0 fully saturated rings. The molecular weight excluding hydrogens is 683 g/mol. The molecule has 0 N–H and O–H groups in total. The zero-order valence-corrected chi connectivity index (χ0v) is 33.3. The highest BCUT2D eigenvalue weighted by Gasteiger charge is 2.49. The molecule has 1 aliphatic heterocycles. The molecule has 3 nitrogen and oxygen atoms in total. The lowest BCUT2D eigenvalue weighted by Crippen LogP contribution is -2.49. The normalized spacial score (nSPS) is 16.9. The maximum absolute atomic E-state index is 4.81. The maximum Gasteiger partial charge on any atom is 0.158 e. The van der Waals surface area contributed by atoms with E-state index < -0.39 is 0 Å². The SMILES string of the molecule is CCCCC(CC)C[N+]1(CC(CC)CCCC)c2cc(C)sc2-c2sc(-c3ccc(-c4ccc(-c5ccc(C)s5)c5nsnc45)s3)cc21. The maximum atomic E-state index is 4.81. The van der Waals surface area contributed by atoms with Gasteiger partial charge in [0.1, 0.15) is 20.8 Å². The number of fused-ring (bicyclic) bond motifs is 4. The number of thiophene rings is 4. The fourth-order valence-electron chi connectivity index (χ4n) is 7.74. The Morgan fingerprint density at radius 2 is 1.15 bits per heavy atom. The largest absolute Gasteiger partial charge is 0.256 e. The molecule has 0 aliphatic carbocycles. The zero-order chi connectivity index (χ0) is 33.4. The number of hydrogen-bond acceptors (Lipinski definition) is 7. The first kappa shape index (κ1) is 34.3. The summed E-state index contributed by atoms with van der Waals surface area (Å²) in [6, 6.07) is 18.8. The van der Waals surface area contributed by atoms with Crippen molar-refractivity contribution in [2.24, 2.45) is 11.8 Å². The van der Waals surface area contributed by atoms with Gasteiger partial charge in [-0.15, -0.1) is 45.3 Å². The van der Waals surface area contributed by atoms with Crippen LogP contribution >= 0.6 is 57.1 Å². The average molecular weight is 731 g/mol. The van der Waals surface area contributed by atoms with Crippen molar-refractivity contribution < 1.29 is 0 Å². The Morgan fingerprint density at radius 1 is 0.583 bits per heavy atom. The molecule has 0 radical (unpaired) electrons. The van der Waals surface area contributed by atoms with E-state index >= 15 is 0 Å². The summed E-state index contributed by atoms with van der Waals surface area (Å²) in [6.07, 6.45) is 10.4. The Bertz CT molecular complexity index is 1980. The van der Waals surface area contributed by atoms with Crippen molar-refractivity contribution in [3.8, 4) is 40.4 Å². The van der Waals surface area contributed by atoms with Crippen LogP contribution < -0.4 is 4.48 Å². The van der Waals surface area contributed by atoms with Gasteiger partial charge in [-0.1, -0.05) is 65.5 Å². The van der Waals surface area contributed by atoms with Gasteiger partial charge in [0, 0.05) is 59.5 Å². The van der Waals surface area contributed by atoms with Crippen molar-refractivity contribution in [3.05, 3.63) is 58.3 Å². The molecule has 2 unspecified atom stereocenters. The molecule has 0 saturated carbocycles. The van der Waals surface area contributed by atoms with Gasteiger partial charge in [0.25, 0.3) is 0 Å². The molecule has 7 rings (SSSR count). The zero-order valence-electron chi connectivity index (χ0n) is 29.2. The van der Waals surface area contributed by atoms with E-state index in [0.29, 0.717) is 0 Å². The highest BCUT2D eigenvalue weighted by atomic mass is 32.1. The molecule has 0 saturated heterocycles. The average Bonchev–Trinajstić information content (AvgIpc) is 3.94. The fraction of sp³-hybridized carbons (Fsp3) is 0.450. The number of hydrogen-bond donors (Lipinski definition) is 0. The van der Waals surface area contributed by atoms with Crippen LogP contribution in [0.5, 0.6) is 0 Å². The summed E-state index contributed by atoms with van der Waals surface area (Å²) in [5.74, 6) is 1.47. The molecule has 2 atom stereocenters. The third-order valence-electron chi connectivity index (χ3n) is 10.4. The highest BCUT2D eigenvalue weighted by Crippen LogP contribution is 2.62. The van der Waals surface area contributed by atoms with Crippen molar-refractivity contribution >= 4 is 79.5 Å². The minimum Gasteiger partial charge on any atom is -0.256 e. The molecule has 1 aromatic carbocycles. The molecule has 1 aliphatic rings. The minimum absolute atomic E-state index is 0.736. The van der Waals surface area contributed by atoms with Gasteiger partial charge in [0.2, 0.25) is 0 Å². The van der Waals surface area contributed by atoms with E-state index in [1.807, 2.05) is 45.3 Å². The standard InChI is InChI=1S/C40H48N3S5/c1-7-11-13-27(9-3)23-43(24-28(10-4)14-12-8-2)31-21-26(6)45-39(31)40-32(43)22-36(47-40)35-20-19-34(46-35)30-17-16-29(33-18-15-25(5)44-33)37-38(30)42-48-41-37/h15-22,27-28H,7-14,23-24H2,1-6H3/q+1. The molecular formula is C40H48N3S5+. The Kier molecular flexibility index (Phi) is 10.4. The Morgan fingerprint density at radius 3 is 1.73 bits per heavy atom. The monoisotopic (exact) mass is 730 g/mol. The van der Waals surface area contributed by atoms with Crippen LogP contribution in [0, 0.1) is 25.7 Å². The molecule has 5 aromatic heterocycles. The summed E-state index contributed by atoms with van der Waals surface area (Å²) in [4.78, 5) is 11.2. The topological polar surface area (TPSA) is 25.8 Å². The number of nitrogens with zero attached hydrogens (tertiary/aromatic N) is 3. The Labute approximate surface area is 307 Å². The van der Waals surface area contributed by atoms with Gasteiger partial charge in [0.05, 0.1) is 29.7 Å². The molecule has 252 valence electrons. The van der Waals surface area contributed by atoms with Crippen molar-refractivity contribution in [1.82, 2.24) is 13.2 Å². The lowest BCUT2D eigenvalue weighted by molar-refractivity contribution is 0.250. The number of rotatable bonds is 15. The predicted octanol–water partition coefficient (Wildman–Crippen LogP) is 14.6. The number of aryl methyl sites for hydroxylation is 2. The number of quaternary nitrogens is 1. The minimum atomic E-state index is 0.736. The third kappa shape index (κ3) is 6.31. The summed E-state index contributed by atoms with van der Waals surface area (Å²) in [7, 11) is 0. The van der Waals surface area contributed by atoms with Crippen LogP contribution in [-0.4, -0.2) is 21.8 Å². The second-order valence-electron chi connectivity index (χ2n) is 13.8. The summed E-state index contributed by atoms with van der Waals surface area (Å²) in [5, 5.41) is 0. The number of unbranched alkanes of at least 4 members (excludes halogenated alkanes) is 2. The van der Waals surface area contributed by atoms with E-state index in [4.69, 9.17) is 8.75 Å². The van der Waals surface area contributed by atoms with E-state index in [1.54, 1.807) is 16.3 Å². The van der Waals surface area contributed by atoms with E-state index in [0.717, 1.165) is 27.4 Å².